The molecule has 0 saturated heterocycles. The maximum atomic E-state index is 12.2. The first-order valence-electron chi connectivity index (χ1n) is 8.49. The third kappa shape index (κ3) is 3.26. The molecule has 138 valence electrons. The van der Waals surface area contributed by atoms with Crippen LogP contribution in [0.15, 0.2) is 36.4 Å². The van der Waals surface area contributed by atoms with Crippen molar-refractivity contribution < 1.29 is 14.8 Å². The van der Waals surface area contributed by atoms with Crippen LogP contribution in [0, 0.1) is 10.1 Å². The molecule has 0 fully saturated rings. The lowest BCUT2D eigenvalue weighted by atomic mass is 10.1. The number of imidazole rings is 1. The fraction of sp³-hybridized carbons (Fsp3) is 0.222. The molecule has 9 heteroatoms. The molecular weight excluding hydrogens is 350 g/mol. The quantitative estimate of drug-likeness (QED) is 0.415. The second kappa shape index (κ2) is 6.60. The van der Waals surface area contributed by atoms with E-state index in [0.717, 1.165) is 24.0 Å². The summed E-state index contributed by atoms with van der Waals surface area (Å²) in [5, 5.41) is 26.3. The van der Waals surface area contributed by atoms with E-state index in [0.29, 0.717) is 16.9 Å². The molecule has 0 spiro atoms. The van der Waals surface area contributed by atoms with Crippen molar-refractivity contribution in [2.75, 3.05) is 0 Å². The van der Waals surface area contributed by atoms with Crippen molar-refractivity contribution >= 4 is 22.8 Å². The third-order valence-electron chi connectivity index (χ3n) is 4.69. The van der Waals surface area contributed by atoms with E-state index in [1.807, 2.05) is 6.07 Å². The number of phenolic OH excluding ortho intramolecular Hbond substituents is 1. The Labute approximate surface area is 153 Å². The van der Waals surface area contributed by atoms with Crippen LogP contribution in [0.25, 0.3) is 11.0 Å². The molecule has 0 bridgehead atoms. The fourth-order valence-electron chi connectivity index (χ4n) is 3.41. The van der Waals surface area contributed by atoms with E-state index in [1.165, 1.54) is 12.1 Å². The summed E-state index contributed by atoms with van der Waals surface area (Å²) in [7, 11) is 0. The second-order valence-corrected chi connectivity index (χ2v) is 6.41. The first-order chi connectivity index (χ1) is 13.0. The number of fused-ring (bicyclic) bond motifs is 2. The largest absolute Gasteiger partial charge is 0.508 e. The van der Waals surface area contributed by atoms with E-state index < -0.39 is 4.92 Å². The summed E-state index contributed by atoms with van der Waals surface area (Å²) in [6, 6.07) is 9.18. The Balaban J connectivity index is 1.39. The predicted molar refractivity (Wildman–Crippen MR) is 97.3 cm³/mol. The lowest BCUT2D eigenvalue weighted by Crippen LogP contribution is -2.37. The molecule has 1 aliphatic carbocycles. The van der Waals surface area contributed by atoms with Crippen molar-refractivity contribution in [1.82, 2.24) is 20.6 Å². The third-order valence-corrected chi connectivity index (χ3v) is 4.69. The van der Waals surface area contributed by atoms with Gasteiger partial charge in [0.1, 0.15) is 11.6 Å². The number of carbonyl (C=O) groups excluding carboxylic acids is 1. The van der Waals surface area contributed by atoms with Gasteiger partial charge in [0, 0.05) is 12.1 Å². The van der Waals surface area contributed by atoms with E-state index in [4.69, 9.17) is 0 Å². The van der Waals surface area contributed by atoms with Crippen LogP contribution in [0.4, 0.5) is 10.5 Å². The zero-order valence-corrected chi connectivity index (χ0v) is 14.2. The monoisotopic (exact) mass is 367 g/mol. The molecule has 2 amide bonds. The van der Waals surface area contributed by atoms with E-state index in [9.17, 15) is 20.0 Å². The van der Waals surface area contributed by atoms with Gasteiger partial charge in [0.25, 0.3) is 5.69 Å². The van der Waals surface area contributed by atoms with Gasteiger partial charge >= 0.3 is 6.03 Å². The summed E-state index contributed by atoms with van der Waals surface area (Å²) < 4.78 is 0. The Kier molecular flexibility index (Phi) is 4.11. The number of amides is 2. The molecule has 2 aromatic carbocycles. The molecule has 3 aromatic rings. The lowest BCUT2D eigenvalue weighted by molar-refractivity contribution is -0.384. The standard InChI is InChI=1S/C18H17N5O4/c24-16-3-1-2-11-12(16)5-7-13(11)22-18(25)19-9-17-20-14-6-4-10(23(26)27)8-15(14)21-17/h1-4,6,8,13,24H,5,7,9H2,(H,20,21)(H2,19,22,25). The number of phenols is 1. The first kappa shape index (κ1) is 16.8. The number of urea groups is 1. The lowest BCUT2D eigenvalue weighted by Gasteiger charge is -2.14. The van der Waals surface area contributed by atoms with Gasteiger partial charge in [0.15, 0.2) is 0 Å². The number of nitrogens with one attached hydrogen (secondary N) is 3. The maximum absolute atomic E-state index is 12.2. The van der Waals surface area contributed by atoms with Crippen molar-refractivity contribution in [2.45, 2.75) is 25.4 Å². The molecule has 0 aliphatic heterocycles. The number of aromatic hydroxyl groups is 1. The number of nitrogens with zero attached hydrogens (tertiary/aromatic N) is 2. The molecule has 27 heavy (non-hydrogen) atoms. The summed E-state index contributed by atoms with van der Waals surface area (Å²) >= 11 is 0. The number of hydrogen-bond acceptors (Lipinski definition) is 5. The number of benzene rings is 2. The number of non-ortho nitro benzene ring substituents is 1. The fourth-order valence-corrected chi connectivity index (χ4v) is 3.41. The Hall–Kier alpha value is -3.62. The van der Waals surface area contributed by atoms with Crippen LogP contribution in [0.1, 0.15) is 29.4 Å². The second-order valence-electron chi connectivity index (χ2n) is 6.41. The van der Waals surface area contributed by atoms with Gasteiger partial charge in [-0.2, -0.15) is 0 Å². The molecule has 0 radical (unpaired) electrons. The number of carbonyl (C=O) groups is 1. The van der Waals surface area contributed by atoms with E-state index in [1.54, 1.807) is 18.2 Å². The van der Waals surface area contributed by atoms with Crippen LogP contribution in [0.2, 0.25) is 0 Å². The van der Waals surface area contributed by atoms with Gasteiger partial charge in [-0.25, -0.2) is 9.78 Å². The van der Waals surface area contributed by atoms with Crippen molar-refractivity contribution in [3.05, 3.63) is 63.5 Å². The van der Waals surface area contributed by atoms with Gasteiger partial charge in [0.2, 0.25) is 0 Å². The van der Waals surface area contributed by atoms with Gasteiger partial charge < -0.3 is 20.7 Å². The summed E-state index contributed by atoms with van der Waals surface area (Å²) in [4.78, 5) is 29.9. The smallest absolute Gasteiger partial charge is 0.315 e. The Morgan fingerprint density at radius 3 is 3.04 bits per heavy atom. The number of nitro benzene ring substituents is 1. The molecule has 9 nitrogen and oxygen atoms in total. The minimum atomic E-state index is -0.469. The molecule has 4 N–H and O–H groups in total. The van der Waals surface area contributed by atoms with Crippen molar-refractivity contribution in [1.29, 1.82) is 0 Å². The highest BCUT2D eigenvalue weighted by Gasteiger charge is 2.25. The number of aromatic amines is 1. The van der Waals surface area contributed by atoms with Crippen LogP contribution < -0.4 is 10.6 Å². The molecular formula is C18H17N5O4. The molecule has 1 aliphatic rings. The van der Waals surface area contributed by atoms with Gasteiger partial charge in [-0.3, -0.25) is 10.1 Å². The van der Waals surface area contributed by atoms with Crippen LogP contribution in [-0.4, -0.2) is 26.0 Å². The summed E-state index contributed by atoms with van der Waals surface area (Å²) in [6.07, 6.45) is 1.45. The van der Waals surface area contributed by atoms with Crippen LogP contribution >= 0.6 is 0 Å². The highest BCUT2D eigenvalue weighted by molar-refractivity contribution is 5.78. The van der Waals surface area contributed by atoms with E-state index >= 15 is 0 Å². The van der Waals surface area contributed by atoms with Gasteiger partial charge in [-0.05, 0) is 36.1 Å². The number of hydrogen-bond donors (Lipinski definition) is 4. The number of rotatable bonds is 4. The highest BCUT2D eigenvalue weighted by Crippen LogP contribution is 2.36. The molecule has 1 unspecified atom stereocenters. The van der Waals surface area contributed by atoms with Gasteiger partial charge in [-0.15, -0.1) is 0 Å². The maximum Gasteiger partial charge on any atom is 0.315 e. The zero-order chi connectivity index (χ0) is 19.0. The van der Waals surface area contributed by atoms with E-state index in [2.05, 4.69) is 20.6 Å². The van der Waals surface area contributed by atoms with Gasteiger partial charge in [-0.1, -0.05) is 12.1 Å². The SMILES string of the molecule is O=C(NCc1nc2ccc([N+](=O)[O-])cc2[nH]1)NC1CCc2c(O)cccc21. The van der Waals surface area contributed by atoms with Crippen molar-refractivity contribution in [3.63, 3.8) is 0 Å². The topological polar surface area (TPSA) is 133 Å². The minimum Gasteiger partial charge on any atom is -0.508 e. The summed E-state index contributed by atoms with van der Waals surface area (Å²) in [5.41, 5.74) is 2.93. The summed E-state index contributed by atoms with van der Waals surface area (Å²) in [6.45, 7) is 0.161. The zero-order valence-electron chi connectivity index (χ0n) is 14.2. The predicted octanol–water partition coefficient (Wildman–Crippen LogP) is 2.66. The van der Waals surface area contributed by atoms with Crippen molar-refractivity contribution in [2.24, 2.45) is 0 Å². The minimum absolute atomic E-state index is 0.0217. The van der Waals surface area contributed by atoms with Crippen LogP contribution in [-0.2, 0) is 13.0 Å². The molecule has 4 rings (SSSR count). The molecule has 0 saturated carbocycles. The van der Waals surface area contributed by atoms with Crippen LogP contribution in [0.5, 0.6) is 5.75 Å². The van der Waals surface area contributed by atoms with Crippen molar-refractivity contribution in [3.8, 4) is 5.75 Å². The van der Waals surface area contributed by atoms with E-state index in [-0.39, 0.29) is 30.1 Å². The Morgan fingerprint density at radius 2 is 2.22 bits per heavy atom. The average Bonchev–Trinajstić information content (AvgIpc) is 3.24. The molecule has 1 aromatic heterocycles. The normalized spacial score (nSPS) is 15.5. The number of aromatic nitrogens is 2. The van der Waals surface area contributed by atoms with Crippen LogP contribution in [0.3, 0.4) is 0 Å². The Morgan fingerprint density at radius 1 is 1.37 bits per heavy atom. The average molecular weight is 367 g/mol. The molecule has 1 atom stereocenters. The number of nitro groups is 1. The first-order valence-corrected chi connectivity index (χ1v) is 8.49. The molecule has 1 heterocycles. The summed E-state index contributed by atoms with van der Waals surface area (Å²) in [5.74, 6) is 0.763. The van der Waals surface area contributed by atoms with Gasteiger partial charge in [0.05, 0.1) is 28.5 Å². The highest BCUT2D eigenvalue weighted by atomic mass is 16.6. The Bertz CT molecular complexity index is 1050. The number of H-pyrrole nitrogens is 1.